The lowest BCUT2D eigenvalue weighted by Crippen LogP contribution is -2.39. The third-order valence-corrected chi connectivity index (χ3v) is 1.87. The first-order valence-corrected chi connectivity index (χ1v) is 5.68. The minimum Gasteiger partial charge on any atom is -0.481 e. The van der Waals surface area contributed by atoms with Crippen LogP contribution in [0.2, 0.25) is 0 Å². The molecule has 112 valence electrons. The number of hydrogen-bond donors (Lipinski definition) is 4. The van der Waals surface area contributed by atoms with Crippen LogP contribution < -0.4 is 5.32 Å². The molecule has 0 aliphatic heterocycles. The topological polar surface area (TPSA) is 127 Å². The zero-order chi connectivity index (χ0) is 15.4. The van der Waals surface area contributed by atoms with E-state index in [1.807, 2.05) is 19.0 Å². The molecule has 0 aromatic rings. The summed E-state index contributed by atoms with van der Waals surface area (Å²) >= 11 is 0. The smallest absolute Gasteiger partial charge is 0.326 e. The quantitative estimate of drug-likeness (QED) is 0.469. The maximum absolute atomic E-state index is 10.5. The Morgan fingerprint density at radius 2 is 1.74 bits per heavy atom. The van der Waals surface area contributed by atoms with Crippen molar-refractivity contribution in [1.82, 2.24) is 10.2 Å². The van der Waals surface area contributed by atoms with E-state index in [0.29, 0.717) is 0 Å². The molecule has 4 N–H and O–H groups in total. The number of carbonyl (C=O) groups excluding carboxylic acids is 1. The van der Waals surface area contributed by atoms with Crippen LogP contribution in [-0.2, 0) is 14.4 Å². The number of carbonyl (C=O) groups is 3. The number of hydrogen-bond acceptors (Lipinski definition) is 5. The van der Waals surface area contributed by atoms with Crippen molar-refractivity contribution in [2.75, 3.05) is 27.2 Å². The fraction of sp³-hybridized carbons (Fsp3) is 0.727. The van der Waals surface area contributed by atoms with Crippen molar-refractivity contribution in [2.45, 2.75) is 25.8 Å². The van der Waals surface area contributed by atoms with Crippen LogP contribution in [0.15, 0.2) is 0 Å². The summed E-state index contributed by atoms with van der Waals surface area (Å²) in [5, 5.41) is 27.1. The second-order valence-electron chi connectivity index (χ2n) is 4.05. The summed E-state index contributed by atoms with van der Waals surface area (Å²) < 4.78 is 0. The molecule has 0 aliphatic carbocycles. The molecule has 0 rings (SSSR count). The SMILES string of the molecule is CC(=O)N[C@H](CCC(=O)O)C(=O)O.CN(C)CCO. The highest BCUT2D eigenvalue weighted by molar-refractivity contribution is 5.82. The van der Waals surface area contributed by atoms with Crippen LogP contribution in [0.1, 0.15) is 19.8 Å². The molecule has 0 fully saturated rings. The molecule has 0 aromatic carbocycles. The Hall–Kier alpha value is -1.67. The molecule has 0 heterocycles. The van der Waals surface area contributed by atoms with E-state index in [1.54, 1.807) is 0 Å². The Kier molecular flexibility index (Phi) is 11.8. The van der Waals surface area contributed by atoms with Gasteiger partial charge in [-0.2, -0.15) is 0 Å². The van der Waals surface area contributed by atoms with Crippen molar-refractivity contribution in [2.24, 2.45) is 0 Å². The second-order valence-corrected chi connectivity index (χ2v) is 4.05. The molecule has 0 aromatic heterocycles. The minimum atomic E-state index is -1.23. The van der Waals surface area contributed by atoms with Gasteiger partial charge in [0.15, 0.2) is 0 Å². The summed E-state index contributed by atoms with van der Waals surface area (Å²) in [5.74, 6) is -2.80. The Bertz CT molecular complexity index is 293. The molecular weight excluding hydrogens is 256 g/mol. The Labute approximate surface area is 112 Å². The predicted molar refractivity (Wildman–Crippen MR) is 67.8 cm³/mol. The average molecular weight is 278 g/mol. The fourth-order valence-corrected chi connectivity index (χ4v) is 0.971. The lowest BCUT2D eigenvalue weighted by Gasteiger charge is -2.10. The van der Waals surface area contributed by atoms with Crippen LogP contribution in [-0.4, -0.2) is 71.4 Å². The van der Waals surface area contributed by atoms with E-state index in [1.165, 1.54) is 6.92 Å². The molecule has 1 atom stereocenters. The van der Waals surface area contributed by atoms with Crippen LogP contribution in [0.25, 0.3) is 0 Å². The van der Waals surface area contributed by atoms with Crippen LogP contribution in [0.4, 0.5) is 0 Å². The Morgan fingerprint density at radius 1 is 1.21 bits per heavy atom. The first-order valence-electron chi connectivity index (χ1n) is 5.68. The first kappa shape index (κ1) is 19.7. The number of aliphatic carboxylic acids is 2. The van der Waals surface area contributed by atoms with Crippen LogP contribution >= 0.6 is 0 Å². The number of nitrogens with zero attached hydrogens (tertiary/aromatic N) is 1. The van der Waals surface area contributed by atoms with Gasteiger partial charge in [0.1, 0.15) is 6.04 Å². The normalized spacial score (nSPS) is 11.2. The van der Waals surface area contributed by atoms with Gasteiger partial charge in [-0.3, -0.25) is 9.59 Å². The van der Waals surface area contributed by atoms with Gasteiger partial charge in [-0.25, -0.2) is 4.79 Å². The lowest BCUT2D eigenvalue weighted by molar-refractivity contribution is -0.142. The van der Waals surface area contributed by atoms with E-state index in [9.17, 15) is 14.4 Å². The lowest BCUT2D eigenvalue weighted by atomic mass is 10.1. The summed E-state index contributed by atoms with van der Waals surface area (Å²) in [6.45, 7) is 2.20. The van der Waals surface area contributed by atoms with Crippen molar-refractivity contribution in [3.63, 3.8) is 0 Å². The van der Waals surface area contributed by atoms with Gasteiger partial charge in [-0.15, -0.1) is 0 Å². The molecule has 0 unspecified atom stereocenters. The van der Waals surface area contributed by atoms with E-state index >= 15 is 0 Å². The largest absolute Gasteiger partial charge is 0.481 e. The number of nitrogens with one attached hydrogen (secondary N) is 1. The van der Waals surface area contributed by atoms with Crippen molar-refractivity contribution < 1.29 is 29.7 Å². The highest BCUT2D eigenvalue weighted by Gasteiger charge is 2.18. The Balaban J connectivity index is 0. The molecule has 8 nitrogen and oxygen atoms in total. The van der Waals surface area contributed by atoms with Gasteiger partial charge in [0, 0.05) is 19.9 Å². The van der Waals surface area contributed by atoms with Crippen LogP contribution in [0.5, 0.6) is 0 Å². The van der Waals surface area contributed by atoms with Gasteiger partial charge in [0.05, 0.1) is 6.61 Å². The fourth-order valence-electron chi connectivity index (χ4n) is 0.971. The molecular formula is C11H22N2O6. The van der Waals surface area contributed by atoms with Crippen molar-refractivity contribution >= 4 is 17.8 Å². The van der Waals surface area contributed by atoms with Crippen molar-refractivity contribution in [1.29, 1.82) is 0 Å². The van der Waals surface area contributed by atoms with Gasteiger partial charge in [-0.05, 0) is 20.5 Å². The van der Waals surface area contributed by atoms with E-state index in [2.05, 4.69) is 5.32 Å². The zero-order valence-corrected chi connectivity index (χ0v) is 11.4. The zero-order valence-electron chi connectivity index (χ0n) is 11.4. The number of amides is 1. The summed E-state index contributed by atoms with van der Waals surface area (Å²) in [4.78, 5) is 33.0. The standard InChI is InChI=1S/C7H11NO5.C4H11NO/c1-4(9)8-5(7(12)13)2-3-6(10)11;1-5(2)3-4-6/h5H,2-3H2,1H3,(H,8,9)(H,10,11)(H,12,13);6H,3-4H2,1-2H3/t5-;/m1./s1. The number of likely N-dealkylation sites (N-methyl/N-ethyl adjacent to an activating group) is 1. The van der Waals surface area contributed by atoms with Crippen molar-refractivity contribution in [3.05, 3.63) is 0 Å². The molecule has 0 saturated heterocycles. The van der Waals surface area contributed by atoms with E-state index in [4.69, 9.17) is 15.3 Å². The van der Waals surface area contributed by atoms with Gasteiger partial charge < -0.3 is 25.5 Å². The van der Waals surface area contributed by atoms with Gasteiger partial charge in [0.25, 0.3) is 0 Å². The van der Waals surface area contributed by atoms with Gasteiger partial charge in [-0.1, -0.05) is 0 Å². The summed E-state index contributed by atoms with van der Waals surface area (Å²) in [6.07, 6.45) is -0.387. The maximum Gasteiger partial charge on any atom is 0.326 e. The van der Waals surface area contributed by atoms with Gasteiger partial charge in [0.2, 0.25) is 5.91 Å². The highest BCUT2D eigenvalue weighted by Crippen LogP contribution is 1.97. The second kappa shape index (κ2) is 11.4. The third kappa shape index (κ3) is 16.3. The van der Waals surface area contributed by atoms with Gasteiger partial charge >= 0.3 is 11.9 Å². The van der Waals surface area contributed by atoms with Crippen LogP contribution in [0, 0.1) is 0 Å². The molecule has 0 spiro atoms. The molecule has 1 amide bonds. The van der Waals surface area contributed by atoms with E-state index < -0.39 is 23.9 Å². The molecule has 0 radical (unpaired) electrons. The molecule has 0 saturated carbocycles. The minimum absolute atomic E-state index is 0.107. The van der Waals surface area contributed by atoms with E-state index in [-0.39, 0.29) is 19.4 Å². The highest BCUT2D eigenvalue weighted by atomic mass is 16.4. The van der Waals surface area contributed by atoms with Crippen molar-refractivity contribution in [3.8, 4) is 0 Å². The number of carboxylic acid groups (broad SMARTS) is 2. The number of carboxylic acids is 2. The molecule has 0 aliphatic rings. The summed E-state index contributed by atoms with van der Waals surface area (Å²) in [7, 11) is 3.85. The maximum atomic E-state index is 10.5. The first-order chi connectivity index (χ1) is 8.70. The molecule has 19 heavy (non-hydrogen) atoms. The van der Waals surface area contributed by atoms with E-state index in [0.717, 1.165) is 6.54 Å². The Morgan fingerprint density at radius 3 is 1.95 bits per heavy atom. The number of aliphatic hydroxyl groups excluding tert-OH is 1. The van der Waals surface area contributed by atoms with Crippen LogP contribution in [0.3, 0.4) is 0 Å². The molecule has 0 bridgehead atoms. The monoisotopic (exact) mass is 278 g/mol. The summed E-state index contributed by atoms with van der Waals surface area (Å²) in [6, 6.07) is -1.12. The number of rotatable bonds is 7. The predicted octanol–water partition coefficient (Wildman–Crippen LogP) is -1.02. The summed E-state index contributed by atoms with van der Waals surface area (Å²) in [5.41, 5.74) is 0. The average Bonchev–Trinajstić information content (AvgIpc) is 2.23. The number of aliphatic hydroxyl groups is 1. The molecule has 8 heteroatoms. The third-order valence-electron chi connectivity index (χ3n) is 1.87.